The van der Waals surface area contributed by atoms with Gasteiger partial charge < -0.3 is 20.3 Å². The number of piperazine rings is 1. The molecule has 0 aliphatic carbocycles. The average Bonchev–Trinajstić information content (AvgIpc) is 2.39. The highest BCUT2D eigenvalue weighted by molar-refractivity contribution is 5.89. The third kappa shape index (κ3) is 2.92. The van der Waals surface area contributed by atoms with E-state index in [1.54, 1.807) is 7.11 Å². The second-order valence-electron chi connectivity index (χ2n) is 4.41. The van der Waals surface area contributed by atoms with Crippen molar-refractivity contribution in [1.29, 1.82) is 0 Å². The van der Waals surface area contributed by atoms with E-state index in [0.717, 1.165) is 31.1 Å². The molecular weight excluding hydrogens is 230 g/mol. The number of hydrogen-bond donors (Lipinski definition) is 2. The highest BCUT2D eigenvalue weighted by Gasteiger charge is 2.22. The minimum atomic E-state index is -0.0581. The molecule has 1 saturated heterocycles. The summed E-state index contributed by atoms with van der Waals surface area (Å²) in [5.74, 6) is 0.737. The Morgan fingerprint density at radius 1 is 1.56 bits per heavy atom. The van der Waals surface area contributed by atoms with Crippen molar-refractivity contribution in [3.8, 4) is 5.75 Å². The number of urea groups is 1. The molecule has 1 aromatic carbocycles. The van der Waals surface area contributed by atoms with Gasteiger partial charge in [0.1, 0.15) is 5.75 Å². The number of carbonyl (C=O) groups excluding carboxylic acids is 1. The highest BCUT2D eigenvalue weighted by Crippen LogP contribution is 2.17. The summed E-state index contributed by atoms with van der Waals surface area (Å²) in [4.78, 5) is 14.0. The molecule has 2 amide bonds. The van der Waals surface area contributed by atoms with Gasteiger partial charge in [-0.3, -0.25) is 0 Å². The van der Waals surface area contributed by atoms with Gasteiger partial charge in [0.2, 0.25) is 0 Å². The minimum Gasteiger partial charge on any atom is -0.497 e. The zero-order valence-corrected chi connectivity index (χ0v) is 10.8. The number of amides is 2. The first kappa shape index (κ1) is 12.7. The summed E-state index contributed by atoms with van der Waals surface area (Å²) in [6.45, 7) is 4.45. The van der Waals surface area contributed by atoms with E-state index in [1.165, 1.54) is 0 Å². The van der Waals surface area contributed by atoms with Crippen molar-refractivity contribution >= 4 is 11.7 Å². The average molecular weight is 249 g/mol. The van der Waals surface area contributed by atoms with Crippen LogP contribution in [0.5, 0.6) is 5.75 Å². The van der Waals surface area contributed by atoms with Crippen LogP contribution in [0.4, 0.5) is 10.5 Å². The molecule has 0 radical (unpaired) electrons. The number of hydrogen-bond acceptors (Lipinski definition) is 3. The lowest BCUT2D eigenvalue weighted by Crippen LogP contribution is -2.53. The molecule has 0 unspecified atom stereocenters. The van der Waals surface area contributed by atoms with Gasteiger partial charge in [0.15, 0.2) is 0 Å². The molecule has 0 aromatic heterocycles. The highest BCUT2D eigenvalue weighted by atomic mass is 16.5. The second-order valence-corrected chi connectivity index (χ2v) is 4.41. The van der Waals surface area contributed by atoms with Crippen LogP contribution < -0.4 is 15.4 Å². The number of nitrogens with one attached hydrogen (secondary N) is 2. The molecule has 2 N–H and O–H groups in total. The van der Waals surface area contributed by atoms with E-state index >= 15 is 0 Å². The van der Waals surface area contributed by atoms with Crippen molar-refractivity contribution in [1.82, 2.24) is 10.2 Å². The minimum absolute atomic E-state index is 0.0581. The fourth-order valence-electron chi connectivity index (χ4n) is 2.04. The molecule has 0 bridgehead atoms. The molecule has 0 saturated carbocycles. The Balaban J connectivity index is 2.01. The van der Waals surface area contributed by atoms with E-state index in [-0.39, 0.29) is 12.1 Å². The van der Waals surface area contributed by atoms with Gasteiger partial charge >= 0.3 is 6.03 Å². The summed E-state index contributed by atoms with van der Waals surface area (Å²) in [5.41, 5.74) is 0.755. The molecule has 2 rings (SSSR count). The standard InChI is InChI=1S/C13H19N3O2/c1-10-9-14-6-7-16(10)13(17)15-11-4-3-5-12(8-11)18-2/h3-5,8,10,14H,6-7,9H2,1-2H3,(H,15,17)/t10-/m1/s1. The van der Waals surface area contributed by atoms with Gasteiger partial charge in [0.25, 0.3) is 0 Å². The molecule has 1 aromatic rings. The maximum absolute atomic E-state index is 12.1. The SMILES string of the molecule is COc1cccc(NC(=O)N2CCNC[C@H]2C)c1. The van der Waals surface area contributed by atoms with E-state index in [2.05, 4.69) is 10.6 Å². The molecule has 98 valence electrons. The van der Waals surface area contributed by atoms with Crippen LogP contribution in [0, 0.1) is 0 Å². The van der Waals surface area contributed by atoms with E-state index < -0.39 is 0 Å². The normalized spacial score (nSPS) is 19.4. The number of anilines is 1. The summed E-state index contributed by atoms with van der Waals surface area (Å²) in [6.07, 6.45) is 0. The van der Waals surface area contributed by atoms with Crippen LogP contribution in [0.15, 0.2) is 24.3 Å². The van der Waals surface area contributed by atoms with Gasteiger partial charge in [0.05, 0.1) is 7.11 Å². The van der Waals surface area contributed by atoms with E-state index in [4.69, 9.17) is 4.74 Å². The smallest absolute Gasteiger partial charge is 0.322 e. The monoisotopic (exact) mass is 249 g/mol. The van der Waals surface area contributed by atoms with Crippen molar-refractivity contribution < 1.29 is 9.53 Å². The van der Waals surface area contributed by atoms with Crippen LogP contribution in [0.25, 0.3) is 0 Å². The van der Waals surface area contributed by atoms with Gasteiger partial charge in [0, 0.05) is 37.4 Å². The molecule has 0 spiro atoms. The topological polar surface area (TPSA) is 53.6 Å². The zero-order chi connectivity index (χ0) is 13.0. The third-order valence-corrected chi connectivity index (χ3v) is 3.08. The summed E-state index contributed by atoms with van der Waals surface area (Å²) < 4.78 is 5.13. The Kier molecular flexibility index (Phi) is 4.04. The zero-order valence-electron chi connectivity index (χ0n) is 10.8. The Morgan fingerprint density at radius 2 is 2.39 bits per heavy atom. The Hall–Kier alpha value is -1.75. The summed E-state index contributed by atoms with van der Waals surface area (Å²) in [7, 11) is 1.61. The molecule has 1 aliphatic heterocycles. The number of methoxy groups -OCH3 is 1. The first-order chi connectivity index (χ1) is 8.70. The molecule has 5 nitrogen and oxygen atoms in total. The molecule has 1 fully saturated rings. The van der Waals surface area contributed by atoms with Crippen LogP contribution in [-0.2, 0) is 0 Å². The fourth-order valence-corrected chi connectivity index (χ4v) is 2.04. The van der Waals surface area contributed by atoms with Crippen LogP contribution in [0.1, 0.15) is 6.92 Å². The van der Waals surface area contributed by atoms with E-state index in [0.29, 0.717) is 0 Å². The van der Waals surface area contributed by atoms with Gasteiger partial charge in [-0.05, 0) is 19.1 Å². The number of carbonyl (C=O) groups is 1. The summed E-state index contributed by atoms with van der Waals surface area (Å²) in [6, 6.07) is 7.53. The maximum atomic E-state index is 12.1. The molecule has 18 heavy (non-hydrogen) atoms. The Morgan fingerprint density at radius 3 is 3.11 bits per heavy atom. The quantitative estimate of drug-likeness (QED) is 0.835. The third-order valence-electron chi connectivity index (χ3n) is 3.08. The molecule has 1 heterocycles. The van der Waals surface area contributed by atoms with Crippen molar-refractivity contribution in [2.24, 2.45) is 0 Å². The lowest BCUT2D eigenvalue weighted by Gasteiger charge is -2.33. The molecule has 5 heteroatoms. The number of rotatable bonds is 2. The number of nitrogens with zero attached hydrogens (tertiary/aromatic N) is 1. The summed E-state index contributed by atoms with van der Waals surface area (Å²) in [5, 5.41) is 6.16. The molecule has 1 atom stereocenters. The van der Waals surface area contributed by atoms with Crippen molar-refractivity contribution in [2.75, 3.05) is 32.1 Å². The van der Waals surface area contributed by atoms with Crippen LogP contribution >= 0.6 is 0 Å². The van der Waals surface area contributed by atoms with E-state index in [1.807, 2.05) is 36.1 Å². The van der Waals surface area contributed by atoms with Gasteiger partial charge in [-0.2, -0.15) is 0 Å². The van der Waals surface area contributed by atoms with E-state index in [9.17, 15) is 4.79 Å². The van der Waals surface area contributed by atoms with Gasteiger partial charge in [-0.25, -0.2) is 4.79 Å². The molecular formula is C13H19N3O2. The van der Waals surface area contributed by atoms with Crippen molar-refractivity contribution in [3.63, 3.8) is 0 Å². The van der Waals surface area contributed by atoms with Crippen molar-refractivity contribution in [2.45, 2.75) is 13.0 Å². The lowest BCUT2D eigenvalue weighted by atomic mass is 10.2. The Labute approximate surface area is 107 Å². The number of benzene rings is 1. The largest absolute Gasteiger partial charge is 0.497 e. The summed E-state index contributed by atoms with van der Waals surface area (Å²) >= 11 is 0. The maximum Gasteiger partial charge on any atom is 0.322 e. The predicted molar refractivity (Wildman–Crippen MR) is 71.1 cm³/mol. The Bertz CT molecular complexity index is 422. The van der Waals surface area contributed by atoms with Gasteiger partial charge in [-0.1, -0.05) is 6.07 Å². The van der Waals surface area contributed by atoms with Crippen LogP contribution in [0.3, 0.4) is 0 Å². The lowest BCUT2D eigenvalue weighted by molar-refractivity contribution is 0.177. The van der Waals surface area contributed by atoms with Crippen LogP contribution in [-0.4, -0.2) is 43.7 Å². The predicted octanol–water partition coefficient (Wildman–Crippen LogP) is 1.52. The molecule has 1 aliphatic rings. The number of ether oxygens (including phenoxy) is 1. The second kappa shape index (κ2) is 5.73. The first-order valence-corrected chi connectivity index (χ1v) is 6.13. The first-order valence-electron chi connectivity index (χ1n) is 6.13. The van der Waals surface area contributed by atoms with Crippen molar-refractivity contribution in [3.05, 3.63) is 24.3 Å². The van der Waals surface area contributed by atoms with Gasteiger partial charge in [-0.15, -0.1) is 0 Å². The van der Waals surface area contributed by atoms with Crippen LogP contribution in [0.2, 0.25) is 0 Å². The fraction of sp³-hybridized carbons (Fsp3) is 0.462.